The number of hydrogen-bond acceptors (Lipinski definition) is 5. The van der Waals surface area contributed by atoms with E-state index >= 15 is 0 Å². The first-order valence-corrected chi connectivity index (χ1v) is 8.70. The zero-order valence-electron chi connectivity index (χ0n) is 15.5. The summed E-state index contributed by atoms with van der Waals surface area (Å²) < 4.78 is 0. The van der Waals surface area contributed by atoms with Gasteiger partial charge >= 0.3 is 6.03 Å². The molecule has 142 valence electrons. The van der Waals surface area contributed by atoms with Crippen LogP contribution in [0.25, 0.3) is 0 Å². The summed E-state index contributed by atoms with van der Waals surface area (Å²) in [7, 11) is 0. The van der Waals surface area contributed by atoms with Gasteiger partial charge in [0.05, 0.1) is 12.6 Å². The van der Waals surface area contributed by atoms with E-state index in [0.29, 0.717) is 32.7 Å². The molecule has 26 heavy (non-hydrogen) atoms. The third kappa shape index (κ3) is 5.27. The maximum absolute atomic E-state index is 12.3. The highest BCUT2D eigenvalue weighted by atomic mass is 16.2. The fraction of sp³-hybridized carbons (Fsp3) is 0.500. The maximum atomic E-state index is 12.3. The summed E-state index contributed by atoms with van der Waals surface area (Å²) in [6.45, 7) is 8.68. The Morgan fingerprint density at radius 2 is 1.81 bits per heavy atom. The van der Waals surface area contributed by atoms with Crippen LogP contribution < -0.4 is 16.4 Å². The van der Waals surface area contributed by atoms with Gasteiger partial charge in [-0.25, -0.2) is 4.79 Å². The molecule has 1 heterocycles. The summed E-state index contributed by atoms with van der Waals surface area (Å²) in [4.78, 5) is 39.0. The summed E-state index contributed by atoms with van der Waals surface area (Å²) in [6.07, 6.45) is 0. The Morgan fingerprint density at radius 3 is 2.42 bits per heavy atom. The third-order valence-corrected chi connectivity index (χ3v) is 4.83. The molecule has 1 aliphatic rings. The van der Waals surface area contributed by atoms with Gasteiger partial charge in [-0.1, -0.05) is 12.1 Å². The molecule has 0 aromatic heterocycles. The number of nitrogens with zero attached hydrogens (tertiary/aromatic N) is 2. The van der Waals surface area contributed by atoms with Crippen molar-refractivity contribution in [3.8, 4) is 0 Å². The summed E-state index contributed by atoms with van der Waals surface area (Å²) >= 11 is 0. The number of nitrogens with two attached hydrogens (primary N) is 1. The van der Waals surface area contributed by atoms with Crippen molar-refractivity contribution in [3.63, 3.8) is 0 Å². The lowest BCUT2D eigenvalue weighted by Crippen LogP contribution is -2.55. The fourth-order valence-corrected chi connectivity index (χ4v) is 2.98. The zero-order chi connectivity index (χ0) is 19.3. The number of aryl methyl sites for hydroxylation is 1. The lowest BCUT2D eigenvalue weighted by molar-refractivity contribution is -0.126. The van der Waals surface area contributed by atoms with Gasteiger partial charge in [0.2, 0.25) is 11.8 Å². The molecular formula is C18H27N5O3. The smallest absolute Gasteiger partial charge is 0.318 e. The molecule has 1 unspecified atom stereocenters. The van der Waals surface area contributed by atoms with Crippen LogP contribution in [0.3, 0.4) is 0 Å². The second-order valence-corrected chi connectivity index (χ2v) is 6.64. The van der Waals surface area contributed by atoms with E-state index < -0.39 is 18.0 Å². The molecule has 1 aromatic carbocycles. The number of benzene rings is 1. The van der Waals surface area contributed by atoms with E-state index in [4.69, 9.17) is 5.73 Å². The largest absolute Gasteiger partial charge is 0.351 e. The van der Waals surface area contributed by atoms with Crippen molar-refractivity contribution in [1.82, 2.24) is 15.1 Å². The van der Waals surface area contributed by atoms with Gasteiger partial charge in [0.25, 0.3) is 0 Å². The number of rotatable bonds is 5. The minimum atomic E-state index is -0.844. The average molecular weight is 361 g/mol. The molecule has 8 heteroatoms. The van der Waals surface area contributed by atoms with E-state index in [1.165, 1.54) is 0 Å². The molecule has 0 aliphatic carbocycles. The van der Waals surface area contributed by atoms with Crippen LogP contribution in [0.4, 0.5) is 10.5 Å². The Hall–Kier alpha value is -2.45. The molecule has 0 radical (unpaired) electrons. The summed E-state index contributed by atoms with van der Waals surface area (Å²) in [5.74, 6) is -0.453. The molecule has 4 N–H and O–H groups in total. The molecule has 0 spiro atoms. The van der Waals surface area contributed by atoms with Gasteiger partial charge in [-0.15, -0.1) is 0 Å². The summed E-state index contributed by atoms with van der Waals surface area (Å²) in [6, 6.07) is 4.56. The molecule has 8 nitrogen and oxygen atoms in total. The number of carbonyl (C=O) groups is 3. The number of primary amides is 1. The van der Waals surface area contributed by atoms with E-state index in [1.54, 1.807) is 6.92 Å². The van der Waals surface area contributed by atoms with Crippen LogP contribution in [0.1, 0.15) is 18.1 Å². The van der Waals surface area contributed by atoms with Crippen LogP contribution in [0.15, 0.2) is 18.2 Å². The molecule has 1 fully saturated rings. The predicted octanol–water partition coefficient (Wildman–Crippen LogP) is 0.443. The topological polar surface area (TPSA) is 108 Å². The van der Waals surface area contributed by atoms with Crippen molar-refractivity contribution in [1.29, 1.82) is 0 Å². The minimum Gasteiger partial charge on any atom is -0.351 e. The van der Waals surface area contributed by atoms with Gasteiger partial charge in [0, 0.05) is 31.9 Å². The lowest BCUT2D eigenvalue weighted by atomic mass is 10.1. The van der Waals surface area contributed by atoms with E-state index in [-0.39, 0.29) is 5.91 Å². The minimum absolute atomic E-state index is 0.0494. The molecule has 0 bridgehead atoms. The summed E-state index contributed by atoms with van der Waals surface area (Å²) in [5, 5.41) is 5.06. The van der Waals surface area contributed by atoms with E-state index in [1.807, 2.05) is 36.9 Å². The molecule has 1 aromatic rings. The molecule has 1 aliphatic heterocycles. The van der Waals surface area contributed by atoms with Gasteiger partial charge in [-0.3, -0.25) is 24.7 Å². The van der Waals surface area contributed by atoms with Gasteiger partial charge in [-0.05, 0) is 38.0 Å². The quantitative estimate of drug-likeness (QED) is 0.705. The van der Waals surface area contributed by atoms with Gasteiger partial charge in [-0.2, -0.15) is 0 Å². The van der Waals surface area contributed by atoms with Crippen molar-refractivity contribution in [3.05, 3.63) is 29.3 Å². The molecule has 0 saturated carbocycles. The highest BCUT2D eigenvalue weighted by Gasteiger charge is 2.26. The zero-order valence-corrected chi connectivity index (χ0v) is 15.5. The number of amides is 4. The highest BCUT2D eigenvalue weighted by molar-refractivity contribution is 5.96. The number of nitrogens with one attached hydrogen (secondary N) is 2. The lowest BCUT2D eigenvalue weighted by Gasteiger charge is -2.36. The second-order valence-electron chi connectivity index (χ2n) is 6.64. The third-order valence-electron chi connectivity index (χ3n) is 4.83. The number of imide groups is 1. The second kappa shape index (κ2) is 8.77. The number of anilines is 1. The number of urea groups is 1. The molecule has 1 atom stereocenters. The predicted molar refractivity (Wildman–Crippen MR) is 99.7 cm³/mol. The monoisotopic (exact) mass is 361 g/mol. The maximum Gasteiger partial charge on any atom is 0.318 e. The van der Waals surface area contributed by atoms with Crippen LogP contribution in [-0.2, 0) is 9.59 Å². The van der Waals surface area contributed by atoms with Crippen LogP contribution in [-0.4, -0.2) is 66.4 Å². The molecule has 4 amide bonds. The number of hydrogen-bond donors (Lipinski definition) is 3. The van der Waals surface area contributed by atoms with E-state index in [2.05, 4.69) is 15.5 Å². The SMILES string of the molecule is Cc1cccc(NC(=O)CN2CCN(C(C)C(=O)NC(N)=O)CC2)c1C. The standard InChI is InChI=1S/C18H27N5O3/c1-12-5-4-6-15(13(12)2)20-16(24)11-22-7-9-23(10-8-22)14(3)17(25)21-18(19)26/h4-6,14H,7-11H2,1-3H3,(H,20,24)(H3,19,21,25,26). The number of carbonyl (C=O) groups excluding carboxylic acids is 3. The highest BCUT2D eigenvalue weighted by Crippen LogP contribution is 2.18. The van der Waals surface area contributed by atoms with Gasteiger partial charge in [0.15, 0.2) is 0 Å². The number of piperazine rings is 1. The van der Waals surface area contributed by atoms with Crippen LogP contribution in [0.2, 0.25) is 0 Å². The van der Waals surface area contributed by atoms with E-state index in [9.17, 15) is 14.4 Å². The van der Waals surface area contributed by atoms with Crippen molar-refractivity contribution in [2.24, 2.45) is 5.73 Å². The molecule has 1 saturated heterocycles. The van der Waals surface area contributed by atoms with E-state index in [0.717, 1.165) is 16.8 Å². The molecule has 2 rings (SSSR count). The van der Waals surface area contributed by atoms with Crippen LogP contribution in [0.5, 0.6) is 0 Å². The Kier molecular flexibility index (Phi) is 6.70. The normalized spacial score (nSPS) is 16.7. The van der Waals surface area contributed by atoms with Crippen molar-refractivity contribution in [2.45, 2.75) is 26.8 Å². The van der Waals surface area contributed by atoms with Crippen LogP contribution in [0, 0.1) is 13.8 Å². The first kappa shape index (κ1) is 19.9. The Labute approximate surface area is 153 Å². The van der Waals surface area contributed by atoms with Crippen molar-refractivity contribution >= 4 is 23.5 Å². The fourth-order valence-electron chi connectivity index (χ4n) is 2.98. The summed E-state index contributed by atoms with van der Waals surface area (Å²) in [5.41, 5.74) is 8.02. The van der Waals surface area contributed by atoms with Crippen LogP contribution >= 0.6 is 0 Å². The Morgan fingerprint density at radius 1 is 1.15 bits per heavy atom. The first-order valence-electron chi connectivity index (χ1n) is 8.70. The van der Waals surface area contributed by atoms with Gasteiger partial charge < -0.3 is 11.1 Å². The van der Waals surface area contributed by atoms with Crippen molar-refractivity contribution < 1.29 is 14.4 Å². The molecular weight excluding hydrogens is 334 g/mol. The average Bonchev–Trinajstić information content (AvgIpc) is 2.58. The Bertz CT molecular complexity index is 683. The first-order chi connectivity index (χ1) is 12.3. The Balaban J connectivity index is 1.81. The van der Waals surface area contributed by atoms with Gasteiger partial charge in [0.1, 0.15) is 0 Å². The van der Waals surface area contributed by atoms with Crippen molar-refractivity contribution in [2.75, 3.05) is 38.0 Å².